The van der Waals surface area contributed by atoms with Crippen molar-refractivity contribution < 1.29 is 0 Å². The summed E-state index contributed by atoms with van der Waals surface area (Å²) >= 11 is 5.98. The molecule has 14 heavy (non-hydrogen) atoms. The van der Waals surface area contributed by atoms with Crippen LogP contribution in [0.5, 0.6) is 0 Å². The van der Waals surface area contributed by atoms with Crippen LogP contribution in [0.2, 0.25) is 5.02 Å². The summed E-state index contributed by atoms with van der Waals surface area (Å²) in [6, 6.07) is 8.29. The third-order valence-electron chi connectivity index (χ3n) is 3.16. The van der Waals surface area contributed by atoms with Crippen LogP contribution in [0.3, 0.4) is 0 Å². The zero-order valence-electron chi connectivity index (χ0n) is 8.46. The first-order valence-corrected chi connectivity index (χ1v) is 5.59. The molecule has 0 bridgehead atoms. The van der Waals surface area contributed by atoms with Gasteiger partial charge in [0, 0.05) is 5.02 Å². The van der Waals surface area contributed by atoms with Gasteiger partial charge in [0.05, 0.1) is 0 Å². The fourth-order valence-corrected chi connectivity index (χ4v) is 2.45. The molecule has 2 atom stereocenters. The fraction of sp³-hybridized carbons (Fsp3) is 0.500. The maximum Gasteiger partial charge on any atom is 0.0408 e. The Bertz CT molecular complexity index is 311. The highest BCUT2D eigenvalue weighted by atomic mass is 35.5. The molecule has 2 unspecified atom stereocenters. The number of halogens is 1. The summed E-state index contributed by atoms with van der Waals surface area (Å²) in [6.07, 6.45) is 2.66. The van der Waals surface area contributed by atoms with Crippen molar-refractivity contribution >= 4 is 11.6 Å². The Balaban J connectivity index is 2.08. The van der Waals surface area contributed by atoms with Crippen molar-refractivity contribution in [2.75, 3.05) is 13.6 Å². The van der Waals surface area contributed by atoms with Crippen LogP contribution in [0.25, 0.3) is 0 Å². The quantitative estimate of drug-likeness (QED) is 0.807. The van der Waals surface area contributed by atoms with Gasteiger partial charge in [0.1, 0.15) is 0 Å². The van der Waals surface area contributed by atoms with E-state index in [0.29, 0.717) is 0 Å². The van der Waals surface area contributed by atoms with Crippen molar-refractivity contribution in [1.82, 2.24) is 5.32 Å². The van der Waals surface area contributed by atoms with E-state index in [4.69, 9.17) is 11.6 Å². The monoisotopic (exact) mass is 209 g/mol. The fourth-order valence-electron chi connectivity index (χ4n) is 2.25. The number of hydrogen-bond acceptors (Lipinski definition) is 1. The molecule has 1 N–H and O–H groups in total. The van der Waals surface area contributed by atoms with Gasteiger partial charge in [-0.1, -0.05) is 23.7 Å². The predicted octanol–water partition coefficient (Wildman–Crippen LogP) is 3.05. The first-order valence-electron chi connectivity index (χ1n) is 5.21. The zero-order valence-corrected chi connectivity index (χ0v) is 9.22. The first-order chi connectivity index (χ1) is 6.81. The molecule has 2 rings (SSSR count). The van der Waals surface area contributed by atoms with Gasteiger partial charge in [-0.05, 0) is 56.0 Å². The molecule has 0 saturated heterocycles. The summed E-state index contributed by atoms with van der Waals surface area (Å²) in [5.41, 5.74) is 1.41. The molecule has 0 heterocycles. The van der Waals surface area contributed by atoms with Crippen LogP contribution >= 0.6 is 11.6 Å². The number of rotatable bonds is 3. The molecule has 1 aromatic carbocycles. The largest absolute Gasteiger partial charge is 0.319 e. The van der Waals surface area contributed by atoms with Crippen LogP contribution in [-0.2, 0) is 0 Å². The maximum atomic E-state index is 5.98. The Labute approximate surface area is 90.5 Å². The Morgan fingerprint density at radius 2 is 2.29 bits per heavy atom. The highest BCUT2D eigenvalue weighted by Gasteiger charge is 2.31. The van der Waals surface area contributed by atoms with E-state index in [1.807, 2.05) is 19.2 Å². The van der Waals surface area contributed by atoms with E-state index in [1.54, 1.807) is 0 Å². The molecule has 1 nitrogen and oxygen atoms in total. The lowest BCUT2D eigenvalue weighted by Gasteiger charge is -2.37. The van der Waals surface area contributed by atoms with Crippen LogP contribution in [0.1, 0.15) is 24.3 Å². The Morgan fingerprint density at radius 3 is 2.86 bits per heavy atom. The normalized spacial score (nSPS) is 25.9. The van der Waals surface area contributed by atoms with Gasteiger partial charge in [0.2, 0.25) is 0 Å². The average molecular weight is 210 g/mol. The van der Waals surface area contributed by atoms with Crippen molar-refractivity contribution in [2.24, 2.45) is 5.92 Å². The molecular weight excluding hydrogens is 194 g/mol. The number of hydrogen-bond donors (Lipinski definition) is 1. The second kappa shape index (κ2) is 4.33. The van der Waals surface area contributed by atoms with E-state index >= 15 is 0 Å². The van der Waals surface area contributed by atoms with Crippen molar-refractivity contribution in [3.8, 4) is 0 Å². The predicted molar refractivity (Wildman–Crippen MR) is 60.8 cm³/mol. The van der Waals surface area contributed by atoms with E-state index in [1.165, 1.54) is 18.4 Å². The van der Waals surface area contributed by atoms with Gasteiger partial charge >= 0.3 is 0 Å². The molecule has 1 fully saturated rings. The van der Waals surface area contributed by atoms with Gasteiger partial charge in [-0.25, -0.2) is 0 Å². The van der Waals surface area contributed by atoms with Crippen molar-refractivity contribution in [2.45, 2.75) is 18.8 Å². The third kappa shape index (κ3) is 1.94. The molecule has 0 aromatic heterocycles. The number of nitrogens with one attached hydrogen (secondary N) is 1. The highest BCUT2D eigenvalue weighted by Crippen LogP contribution is 2.42. The molecule has 0 aliphatic heterocycles. The molecule has 2 heteroatoms. The molecule has 76 valence electrons. The maximum absolute atomic E-state index is 5.98. The molecule has 1 saturated carbocycles. The topological polar surface area (TPSA) is 12.0 Å². The highest BCUT2D eigenvalue weighted by molar-refractivity contribution is 6.30. The minimum absolute atomic E-state index is 0.723. The van der Waals surface area contributed by atoms with Gasteiger partial charge in [0.15, 0.2) is 0 Å². The second-order valence-electron chi connectivity index (χ2n) is 4.06. The summed E-state index contributed by atoms with van der Waals surface area (Å²) in [4.78, 5) is 0. The van der Waals surface area contributed by atoms with Crippen LogP contribution in [0.4, 0.5) is 0 Å². The molecule has 1 aromatic rings. The number of benzene rings is 1. The molecular formula is C12H16ClN. The molecule has 0 spiro atoms. The Hall–Kier alpha value is -0.530. The Morgan fingerprint density at radius 1 is 1.43 bits per heavy atom. The van der Waals surface area contributed by atoms with Gasteiger partial charge < -0.3 is 5.32 Å². The first kappa shape index (κ1) is 10.0. The lowest BCUT2D eigenvalue weighted by Crippen LogP contribution is -2.32. The smallest absolute Gasteiger partial charge is 0.0408 e. The van der Waals surface area contributed by atoms with Gasteiger partial charge in [-0.15, -0.1) is 0 Å². The summed E-state index contributed by atoms with van der Waals surface area (Å²) in [5, 5.41) is 4.11. The van der Waals surface area contributed by atoms with Crippen LogP contribution in [0.15, 0.2) is 24.3 Å². The van der Waals surface area contributed by atoms with Crippen molar-refractivity contribution in [3.63, 3.8) is 0 Å². The average Bonchev–Trinajstić information content (AvgIpc) is 2.12. The van der Waals surface area contributed by atoms with E-state index in [-0.39, 0.29) is 0 Å². The zero-order chi connectivity index (χ0) is 9.97. The van der Waals surface area contributed by atoms with Gasteiger partial charge in [0.25, 0.3) is 0 Å². The lowest BCUT2D eigenvalue weighted by atomic mass is 9.70. The summed E-state index contributed by atoms with van der Waals surface area (Å²) in [7, 11) is 2.02. The van der Waals surface area contributed by atoms with E-state index in [2.05, 4.69) is 17.4 Å². The minimum Gasteiger partial charge on any atom is -0.319 e. The SMILES string of the molecule is CNCC1CCC1c1cccc(Cl)c1. The van der Waals surface area contributed by atoms with Crippen molar-refractivity contribution in [1.29, 1.82) is 0 Å². The summed E-state index contributed by atoms with van der Waals surface area (Å²) in [6.45, 7) is 1.12. The molecule has 1 aliphatic carbocycles. The van der Waals surface area contributed by atoms with Crippen LogP contribution in [0, 0.1) is 5.92 Å². The molecule has 0 amide bonds. The van der Waals surface area contributed by atoms with E-state index in [0.717, 1.165) is 23.4 Å². The lowest BCUT2D eigenvalue weighted by molar-refractivity contribution is 0.251. The Kier molecular flexibility index (Phi) is 3.09. The van der Waals surface area contributed by atoms with E-state index < -0.39 is 0 Å². The summed E-state index contributed by atoms with van der Waals surface area (Å²) in [5.74, 6) is 1.53. The second-order valence-corrected chi connectivity index (χ2v) is 4.49. The molecule has 1 aliphatic rings. The summed E-state index contributed by atoms with van der Waals surface area (Å²) < 4.78 is 0. The van der Waals surface area contributed by atoms with E-state index in [9.17, 15) is 0 Å². The van der Waals surface area contributed by atoms with Gasteiger partial charge in [-0.2, -0.15) is 0 Å². The molecule has 0 radical (unpaired) electrons. The van der Waals surface area contributed by atoms with Crippen molar-refractivity contribution in [3.05, 3.63) is 34.9 Å². The van der Waals surface area contributed by atoms with Gasteiger partial charge in [-0.3, -0.25) is 0 Å². The standard InChI is InChI=1S/C12H16ClN/c1-14-8-10-5-6-12(10)9-3-2-4-11(13)7-9/h2-4,7,10,12,14H,5-6,8H2,1H3. The van der Waals surface area contributed by atoms with Crippen LogP contribution in [-0.4, -0.2) is 13.6 Å². The minimum atomic E-state index is 0.723. The van der Waals surface area contributed by atoms with Crippen LogP contribution < -0.4 is 5.32 Å². The third-order valence-corrected chi connectivity index (χ3v) is 3.40.